The first-order valence-corrected chi connectivity index (χ1v) is 7.52. The van der Waals surface area contributed by atoms with Crippen molar-refractivity contribution in [1.82, 2.24) is 9.79 Å². The Labute approximate surface area is 120 Å². The summed E-state index contributed by atoms with van der Waals surface area (Å²) in [5, 5.41) is 10.6. The van der Waals surface area contributed by atoms with Gasteiger partial charge in [-0.15, -0.1) is 5.48 Å². The summed E-state index contributed by atoms with van der Waals surface area (Å²) < 4.78 is 26.1. The van der Waals surface area contributed by atoms with E-state index in [2.05, 4.69) is 10.3 Å². The molecule has 1 aliphatic rings. The quantitative estimate of drug-likeness (QED) is 0.458. The maximum atomic E-state index is 12.5. The summed E-state index contributed by atoms with van der Waals surface area (Å²) in [7, 11) is -3.81. The van der Waals surface area contributed by atoms with Gasteiger partial charge in [-0.25, -0.2) is 8.42 Å². The normalized spacial score (nSPS) is 19.3. The third-order valence-electron chi connectivity index (χ3n) is 3.11. The zero-order chi connectivity index (χ0) is 15.5. The van der Waals surface area contributed by atoms with Crippen molar-refractivity contribution in [3.8, 4) is 0 Å². The molecule has 0 saturated carbocycles. The second-order valence-electron chi connectivity index (χ2n) is 4.36. The number of nitrogens with one attached hydrogen (secondary N) is 1. The number of carbonyl (C=O) groups is 1. The molecule has 1 heterocycles. The van der Waals surface area contributed by atoms with Crippen LogP contribution in [0.5, 0.6) is 0 Å². The maximum absolute atomic E-state index is 12.5. The summed E-state index contributed by atoms with van der Waals surface area (Å²) in [6, 6.07) is 4.63. The van der Waals surface area contributed by atoms with Gasteiger partial charge >= 0.3 is 6.47 Å². The van der Waals surface area contributed by atoms with E-state index in [1.165, 1.54) is 12.1 Å². The van der Waals surface area contributed by atoms with E-state index in [4.69, 9.17) is 0 Å². The number of nitrogens with zero attached hydrogens (tertiary/aromatic N) is 2. The average Bonchev–Trinajstić information content (AvgIpc) is 2.94. The lowest BCUT2D eigenvalue weighted by atomic mass is 10.3. The lowest BCUT2D eigenvalue weighted by Crippen LogP contribution is -2.44. The summed E-state index contributed by atoms with van der Waals surface area (Å²) in [5.41, 5.74) is 2.17. The average molecular weight is 315 g/mol. The van der Waals surface area contributed by atoms with Crippen LogP contribution in [-0.2, 0) is 19.7 Å². The third kappa shape index (κ3) is 3.17. The van der Waals surface area contributed by atoms with Crippen LogP contribution in [0, 0.1) is 10.1 Å². The molecule has 0 radical (unpaired) electrons. The zero-order valence-corrected chi connectivity index (χ0v) is 11.7. The van der Waals surface area contributed by atoms with Crippen LogP contribution in [0.15, 0.2) is 29.2 Å². The number of benzene rings is 1. The van der Waals surface area contributed by atoms with Crippen molar-refractivity contribution in [2.24, 2.45) is 0 Å². The van der Waals surface area contributed by atoms with Crippen molar-refractivity contribution >= 4 is 22.2 Å². The van der Waals surface area contributed by atoms with Crippen molar-refractivity contribution < 1.29 is 23.0 Å². The van der Waals surface area contributed by atoms with E-state index in [-0.39, 0.29) is 23.6 Å². The number of sulfonamides is 1. The summed E-state index contributed by atoms with van der Waals surface area (Å²) in [6.07, 6.45) is 0.474. The minimum Gasteiger partial charge on any atom is -0.372 e. The van der Waals surface area contributed by atoms with Crippen molar-refractivity contribution in [2.75, 3.05) is 6.54 Å². The Morgan fingerprint density at radius 2 is 2.05 bits per heavy atom. The van der Waals surface area contributed by atoms with E-state index < -0.39 is 21.1 Å². The van der Waals surface area contributed by atoms with Gasteiger partial charge in [0.15, 0.2) is 0 Å². The second-order valence-corrected chi connectivity index (χ2v) is 6.25. The number of carbonyl (C=O) groups excluding carboxylic acids is 1. The highest BCUT2D eigenvalue weighted by atomic mass is 32.2. The van der Waals surface area contributed by atoms with Gasteiger partial charge < -0.3 is 4.84 Å². The number of hydroxylamine groups is 1. The first kappa shape index (κ1) is 15.4. The topological polar surface area (TPSA) is 119 Å². The van der Waals surface area contributed by atoms with Gasteiger partial charge in [0.25, 0.3) is 5.69 Å². The number of nitro benzene ring substituents is 1. The van der Waals surface area contributed by atoms with Crippen molar-refractivity contribution in [3.05, 3.63) is 34.4 Å². The molecule has 1 aromatic carbocycles. The molecule has 1 saturated heterocycles. The van der Waals surface area contributed by atoms with Crippen LogP contribution in [-0.4, -0.2) is 36.8 Å². The van der Waals surface area contributed by atoms with E-state index in [1.807, 2.05) is 0 Å². The van der Waals surface area contributed by atoms with E-state index in [0.717, 1.165) is 16.4 Å². The number of rotatable bonds is 6. The molecule has 1 aromatic rings. The fourth-order valence-corrected chi connectivity index (χ4v) is 3.73. The second kappa shape index (κ2) is 6.16. The van der Waals surface area contributed by atoms with Gasteiger partial charge in [-0.1, -0.05) is 0 Å². The van der Waals surface area contributed by atoms with E-state index >= 15 is 0 Å². The molecule has 1 aliphatic heterocycles. The first-order chi connectivity index (χ1) is 9.96. The summed E-state index contributed by atoms with van der Waals surface area (Å²) in [5.74, 6) is 0. The smallest absolute Gasteiger partial charge is 0.312 e. The molecule has 0 aliphatic carbocycles. The predicted octanol–water partition coefficient (Wildman–Crippen LogP) is 0.383. The highest BCUT2D eigenvalue weighted by Crippen LogP contribution is 2.25. The fraction of sp³-hybridized carbons (Fsp3) is 0.364. The van der Waals surface area contributed by atoms with Crippen LogP contribution in [0.25, 0.3) is 0 Å². The van der Waals surface area contributed by atoms with E-state index in [0.29, 0.717) is 12.8 Å². The highest BCUT2D eigenvalue weighted by Gasteiger charge is 2.35. The monoisotopic (exact) mass is 315 g/mol. The summed E-state index contributed by atoms with van der Waals surface area (Å²) in [4.78, 5) is 24.5. The molecular formula is C11H13N3O6S. The molecule has 0 bridgehead atoms. The van der Waals surface area contributed by atoms with Crippen LogP contribution < -0.4 is 5.48 Å². The van der Waals surface area contributed by atoms with Crippen molar-refractivity contribution in [1.29, 1.82) is 0 Å². The van der Waals surface area contributed by atoms with Gasteiger partial charge in [-0.2, -0.15) is 4.31 Å². The molecular weight excluding hydrogens is 302 g/mol. The van der Waals surface area contributed by atoms with Crippen LogP contribution in [0.2, 0.25) is 0 Å². The van der Waals surface area contributed by atoms with Crippen molar-refractivity contribution in [2.45, 2.75) is 23.9 Å². The van der Waals surface area contributed by atoms with Gasteiger partial charge in [0.2, 0.25) is 10.0 Å². The first-order valence-electron chi connectivity index (χ1n) is 6.08. The lowest BCUT2D eigenvalue weighted by Gasteiger charge is -2.23. The molecule has 1 N–H and O–H groups in total. The maximum Gasteiger partial charge on any atom is 0.312 e. The van der Waals surface area contributed by atoms with Gasteiger partial charge in [0, 0.05) is 18.7 Å². The van der Waals surface area contributed by atoms with Crippen LogP contribution in [0.3, 0.4) is 0 Å². The van der Waals surface area contributed by atoms with Crippen LogP contribution >= 0.6 is 0 Å². The molecule has 1 fully saturated rings. The summed E-state index contributed by atoms with van der Waals surface area (Å²) in [6.45, 7) is 0.453. The molecule has 114 valence electrons. The zero-order valence-electron chi connectivity index (χ0n) is 10.8. The minimum atomic E-state index is -3.81. The summed E-state index contributed by atoms with van der Waals surface area (Å²) >= 11 is 0. The Bertz CT molecular complexity index is 630. The fourth-order valence-electron chi connectivity index (χ4n) is 2.13. The van der Waals surface area contributed by atoms with E-state index in [9.17, 15) is 23.3 Å². The largest absolute Gasteiger partial charge is 0.372 e. The predicted molar refractivity (Wildman–Crippen MR) is 70.3 cm³/mol. The Hall–Kier alpha value is -2.04. The van der Waals surface area contributed by atoms with Crippen molar-refractivity contribution in [3.63, 3.8) is 0 Å². The highest BCUT2D eigenvalue weighted by molar-refractivity contribution is 7.89. The lowest BCUT2D eigenvalue weighted by molar-refractivity contribution is -0.384. The standard InChI is InChI=1S/C11H13N3O6S/c15-8-20-12-11-2-1-7-13(11)21(18,19)10-5-3-9(4-6-10)14(16)17/h3-6,8,11-12H,1-2,7H2/t11-/m0/s1. The van der Waals surface area contributed by atoms with Crippen LogP contribution in [0.4, 0.5) is 5.69 Å². The van der Waals surface area contributed by atoms with Crippen LogP contribution in [0.1, 0.15) is 12.8 Å². The van der Waals surface area contributed by atoms with E-state index in [1.54, 1.807) is 0 Å². The molecule has 2 rings (SSSR count). The van der Waals surface area contributed by atoms with Gasteiger partial charge in [-0.05, 0) is 25.0 Å². The molecule has 0 aromatic heterocycles. The Balaban J connectivity index is 2.24. The Morgan fingerprint density at radius 3 is 2.62 bits per heavy atom. The molecule has 0 unspecified atom stereocenters. The number of nitro groups is 1. The molecule has 10 heteroatoms. The molecule has 0 spiro atoms. The Kier molecular flexibility index (Phi) is 4.50. The molecule has 1 atom stereocenters. The van der Waals surface area contributed by atoms with Gasteiger partial charge in [0.05, 0.1) is 9.82 Å². The number of non-ortho nitro benzene ring substituents is 1. The molecule has 0 amide bonds. The minimum absolute atomic E-state index is 0.0482. The van der Waals surface area contributed by atoms with Gasteiger partial charge in [0.1, 0.15) is 6.17 Å². The number of hydrogen-bond acceptors (Lipinski definition) is 7. The SMILES string of the molecule is O=CON[C@@H]1CCCN1S(=O)(=O)c1ccc([N+](=O)[O-])cc1. The third-order valence-corrected chi connectivity index (χ3v) is 5.03. The molecule has 9 nitrogen and oxygen atoms in total. The van der Waals surface area contributed by atoms with Gasteiger partial charge in [-0.3, -0.25) is 14.9 Å². The number of hydrogen-bond donors (Lipinski definition) is 1. The Morgan fingerprint density at radius 1 is 1.38 bits per heavy atom. The molecule has 21 heavy (non-hydrogen) atoms.